The molecule has 1 N–H and O–H groups in total. The molecular formula is C15H24O2. The molecule has 0 saturated heterocycles. The van der Waals surface area contributed by atoms with Gasteiger partial charge in [-0.2, -0.15) is 0 Å². The SMILES string of the molecule is C[C@H]1CC[C@H]2[C@@H]1[C@H](/C=C(/C=O)CCO)C2(C)C. The van der Waals surface area contributed by atoms with Gasteiger partial charge in [-0.25, -0.2) is 0 Å². The Labute approximate surface area is 104 Å². The van der Waals surface area contributed by atoms with Gasteiger partial charge in [-0.1, -0.05) is 33.3 Å². The van der Waals surface area contributed by atoms with E-state index >= 15 is 0 Å². The Morgan fingerprint density at radius 2 is 2.12 bits per heavy atom. The van der Waals surface area contributed by atoms with Crippen molar-refractivity contribution >= 4 is 6.29 Å². The van der Waals surface area contributed by atoms with Gasteiger partial charge in [0, 0.05) is 6.61 Å². The quantitative estimate of drug-likeness (QED) is 0.602. The smallest absolute Gasteiger partial charge is 0.145 e. The average Bonchev–Trinajstić information content (AvgIpc) is 2.64. The maximum absolute atomic E-state index is 11.0. The summed E-state index contributed by atoms with van der Waals surface area (Å²) in [5, 5.41) is 8.94. The maximum atomic E-state index is 11.0. The maximum Gasteiger partial charge on any atom is 0.145 e. The molecule has 2 rings (SSSR count). The summed E-state index contributed by atoms with van der Waals surface area (Å²) in [5.41, 5.74) is 1.11. The number of hydrogen-bond acceptors (Lipinski definition) is 2. The van der Waals surface area contributed by atoms with Crippen LogP contribution in [-0.2, 0) is 4.79 Å². The van der Waals surface area contributed by atoms with Crippen LogP contribution >= 0.6 is 0 Å². The molecular weight excluding hydrogens is 212 g/mol. The monoisotopic (exact) mass is 236 g/mol. The molecule has 2 aliphatic rings. The molecule has 0 amide bonds. The van der Waals surface area contributed by atoms with E-state index in [1.54, 1.807) is 0 Å². The number of allylic oxidation sites excluding steroid dienone is 1. The largest absolute Gasteiger partial charge is 0.396 e. The van der Waals surface area contributed by atoms with Crippen LogP contribution in [-0.4, -0.2) is 18.0 Å². The van der Waals surface area contributed by atoms with Crippen LogP contribution in [0.3, 0.4) is 0 Å². The predicted molar refractivity (Wildman–Crippen MR) is 68.5 cm³/mol. The molecule has 2 fully saturated rings. The van der Waals surface area contributed by atoms with E-state index in [0.717, 1.165) is 29.6 Å². The molecule has 4 atom stereocenters. The van der Waals surface area contributed by atoms with Crippen LogP contribution in [0.5, 0.6) is 0 Å². The molecule has 0 aromatic heterocycles. The van der Waals surface area contributed by atoms with Crippen LogP contribution in [0.15, 0.2) is 11.6 Å². The Bertz CT molecular complexity index is 330. The molecule has 0 spiro atoms. The highest BCUT2D eigenvalue weighted by atomic mass is 16.3. The second-order valence-electron chi connectivity index (χ2n) is 6.42. The zero-order chi connectivity index (χ0) is 12.6. The molecule has 17 heavy (non-hydrogen) atoms. The highest BCUT2D eigenvalue weighted by Gasteiger charge is 2.58. The predicted octanol–water partition coefficient (Wildman–Crippen LogP) is 2.81. The molecule has 0 bridgehead atoms. The van der Waals surface area contributed by atoms with E-state index in [4.69, 9.17) is 5.11 Å². The van der Waals surface area contributed by atoms with Crippen molar-refractivity contribution in [3.05, 3.63) is 11.6 Å². The normalized spacial score (nSPS) is 39.6. The Morgan fingerprint density at radius 1 is 1.41 bits per heavy atom. The van der Waals surface area contributed by atoms with Gasteiger partial charge in [0.2, 0.25) is 0 Å². The number of aliphatic hydroxyl groups is 1. The van der Waals surface area contributed by atoms with E-state index in [0.29, 0.717) is 17.8 Å². The van der Waals surface area contributed by atoms with E-state index in [2.05, 4.69) is 26.8 Å². The lowest BCUT2D eigenvalue weighted by Crippen LogP contribution is -2.51. The van der Waals surface area contributed by atoms with Gasteiger partial charge in [0.25, 0.3) is 0 Å². The lowest BCUT2D eigenvalue weighted by atomic mass is 9.48. The summed E-state index contributed by atoms with van der Waals surface area (Å²) in [4.78, 5) is 11.0. The second-order valence-corrected chi connectivity index (χ2v) is 6.42. The number of aldehydes is 1. The fourth-order valence-electron chi connectivity index (χ4n) is 4.19. The van der Waals surface area contributed by atoms with E-state index in [-0.39, 0.29) is 6.61 Å². The van der Waals surface area contributed by atoms with Crippen LogP contribution in [0.2, 0.25) is 0 Å². The lowest BCUT2D eigenvalue weighted by molar-refractivity contribution is -0.105. The molecule has 0 aliphatic heterocycles. The average molecular weight is 236 g/mol. The first-order chi connectivity index (χ1) is 8.02. The number of carbonyl (C=O) groups is 1. The van der Waals surface area contributed by atoms with Gasteiger partial charge in [-0.05, 0) is 47.5 Å². The first kappa shape index (κ1) is 12.8. The second kappa shape index (κ2) is 4.56. The first-order valence-electron chi connectivity index (χ1n) is 6.79. The Hall–Kier alpha value is -0.630. The van der Waals surface area contributed by atoms with Crippen molar-refractivity contribution < 1.29 is 9.90 Å². The number of hydrogen-bond donors (Lipinski definition) is 1. The fraction of sp³-hybridized carbons (Fsp3) is 0.800. The number of rotatable bonds is 4. The minimum absolute atomic E-state index is 0.0708. The summed E-state index contributed by atoms with van der Waals surface area (Å²) in [5.74, 6) is 2.91. The summed E-state index contributed by atoms with van der Waals surface area (Å²) in [6.45, 7) is 7.07. The Kier molecular flexibility index (Phi) is 3.44. The van der Waals surface area contributed by atoms with Crippen molar-refractivity contribution in [1.82, 2.24) is 0 Å². The van der Waals surface area contributed by atoms with Gasteiger partial charge in [-0.15, -0.1) is 0 Å². The summed E-state index contributed by atoms with van der Waals surface area (Å²) < 4.78 is 0. The van der Waals surface area contributed by atoms with Gasteiger partial charge >= 0.3 is 0 Å². The van der Waals surface area contributed by atoms with Crippen molar-refractivity contribution in [1.29, 1.82) is 0 Å². The molecule has 0 aromatic carbocycles. The van der Waals surface area contributed by atoms with Crippen molar-refractivity contribution in [2.45, 2.75) is 40.0 Å². The first-order valence-corrected chi connectivity index (χ1v) is 6.79. The number of carbonyl (C=O) groups excluding carboxylic acids is 1. The highest BCUT2D eigenvalue weighted by Crippen LogP contribution is 2.65. The lowest BCUT2D eigenvalue weighted by Gasteiger charge is -2.56. The number of aliphatic hydroxyl groups excluding tert-OH is 1. The van der Waals surface area contributed by atoms with Crippen molar-refractivity contribution in [3.63, 3.8) is 0 Å². The summed E-state index contributed by atoms with van der Waals surface area (Å²) in [6, 6.07) is 0. The van der Waals surface area contributed by atoms with Gasteiger partial charge in [0.05, 0.1) is 0 Å². The van der Waals surface area contributed by atoms with Crippen LogP contribution < -0.4 is 0 Å². The number of fused-ring (bicyclic) bond motifs is 1. The van der Waals surface area contributed by atoms with Crippen LogP contribution in [0.25, 0.3) is 0 Å². The minimum Gasteiger partial charge on any atom is -0.396 e. The van der Waals surface area contributed by atoms with Crippen molar-refractivity contribution in [3.8, 4) is 0 Å². The summed E-state index contributed by atoms with van der Waals surface area (Å²) >= 11 is 0. The third kappa shape index (κ3) is 1.97. The Morgan fingerprint density at radius 3 is 2.71 bits per heavy atom. The molecule has 2 heteroatoms. The van der Waals surface area contributed by atoms with Crippen molar-refractivity contribution in [2.75, 3.05) is 6.61 Å². The topological polar surface area (TPSA) is 37.3 Å². The van der Waals surface area contributed by atoms with E-state index in [1.165, 1.54) is 12.8 Å². The van der Waals surface area contributed by atoms with E-state index in [9.17, 15) is 4.79 Å². The van der Waals surface area contributed by atoms with Crippen LogP contribution in [0, 0.1) is 29.1 Å². The van der Waals surface area contributed by atoms with Gasteiger partial charge in [0.1, 0.15) is 6.29 Å². The third-order valence-corrected chi connectivity index (χ3v) is 5.23. The fourth-order valence-corrected chi connectivity index (χ4v) is 4.19. The standard InChI is InChI=1S/C15H24O2/c1-10-4-5-12-14(10)13(15(12,2)3)8-11(9-17)6-7-16/h8-10,12-14,16H,4-7H2,1-3H3/b11-8+/t10-,12-,13-,14+/m0/s1. The minimum atomic E-state index is 0.0708. The van der Waals surface area contributed by atoms with E-state index in [1.807, 2.05) is 0 Å². The van der Waals surface area contributed by atoms with Crippen molar-refractivity contribution in [2.24, 2.45) is 29.1 Å². The zero-order valence-electron chi connectivity index (χ0n) is 11.1. The molecule has 96 valence electrons. The molecule has 2 aliphatic carbocycles. The van der Waals surface area contributed by atoms with Gasteiger partial charge in [-0.3, -0.25) is 4.79 Å². The van der Waals surface area contributed by atoms with Crippen LogP contribution in [0.1, 0.15) is 40.0 Å². The Balaban J connectivity index is 2.17. The van der Waals surface area contributed by atoms with E-state index < -0.39 is 0 Å². The van der Waals surface area contributed by atoms with Gasteiger partial charge < -0.3 is 5.11 Å². The molecule has 0 heterocycles. The molecule has 2 nitrogen and oxygen atoms in total. The molecule has 0 unspecified atom stereocenters. The summed E-state index contributed by atoms with van der Waals surface area (Å²) in [7, 11) is 0. The summed E-state index contributed by atoms with van der Waals surface area (Å²) in [6.07, 6.45) is 6.24. The zero-order valence-corrected chi connectivity index (χ0v) is 11.1. The van der Waals surface area contributed by atoms with Crippen LogP contribution in [0.4, 0.5) is 0 Å². The third-order valence-electron chi connectivity index (χ3n) is 5.23. The molecule has 2 saturated carbocycles. The molecule has 0 aromatic rings. The molecule has 0 radical (unpaired) electrons. The van der Waals surface area contributed by atoms with Gasteiger partial charge in [0.15, 0.2) is 0 Å². The highest BCUT2D eigenvalue weighted by molar-refractivity contribution is 5.73.